The Morgan fingerprint density at radius 3 is 2.67 bits per heavy atom. The van der Waals surface area contributed by atoms with E-state index in [1.54, 1.807) is 17.0 Å². The molecule has 0 aliphatic carbocycles. The minimum atomic E-state index is -3.16. The van der Waals surface area contributed by atoms with Crippen LogP contribution in [0.2, 0.25) is 0 Å². The average molecular weight is 515 g/mol. The van der Waals surface area contributed by atoms with Crippen molar-refractivity contribution in [3.63, 3.8) is 0 Å². The van der Waals surface area contributed by atoms with Crippen molar-refractivity contribution in [2.75, 3.05) is 62.3 Å². The first-order valence-electron chi connectivity index (χ1n) is 11.8. The third kappa shape index (κ3) is 6.29. The van der Waals surface area contributed by atoms with Crippen LogP contribution in [0.25, 0.3) is 0 Å². The van der Waals surface area contributed by atoms with Gasteiger partial charge in [-0.05, 0) is 31.0 Å². The summed E-state index contributed by atoms with van der Waals surface area (Å²) in [6.45, 7) is 2.54. The number of halogens is 3. The third-order valence-electron chi connectivity index (χ3n) is 6.23. The lowest BCUT2D eigenvalue weighted by Gasteiger charge is -2.28. The lowest BCUT2D eigenvalue weighted by Crippen LogP contribution is -2.52. The molecule has 0 radical (unpaired) electrons. The maximum absolute atomic E-state index is 15.1. The number of rotatable bonds is 6. The predicted molar refractivity (Wildman–Crippen MR) is 122 cm³/mol. The number of anilines is 2. The Hall–Kier alpha value is -3.26. The molecule has 14 heteroatoms. The summed E-state index contributed by atoms with van der Waals surface area (Å²) in [5, 5.41) is 6.49. The number of hydrogen-bond donors (Lipinski definition) is 3. The van der Waals surface area contributed by atoms with Crippen molar-refractivity contribution in [3.05, 3.63) is 24.0 Å². The van der Waals surface area contributed by atoms with Crippen LogP contribution in [-0.2, 0) is 14.3 Å². The number of nitrogens with zero attached hydrogens (tertiary/aromatic N) is 3. The fraction of sp³-hybridized carbons (Fsp3) is 0.591. The molecule has 4 rings (SSSR count). The van der Waals surface area contributed by atoms with E-state index in [-0.39, 0.29) is 30.8 Å². The molecule has 198 valence electrons. The van der Waals surface area contributed by atoms with Gasteiger partial charge < -0.3 is 25.0 Å². The van der Waals surface area contributed by atoms with E-state index in [2.05, 4.69) is 10.7 Å². The fourth-order valence-corrected chi connectivity index (χ4v) is 4.29. The van der Waals surface area contributed by atoms with E-state index >= 15 is 4.39 Å². The molecule has 3 saturated heterocycles. The van der Waals surface area contributed by atoms with Crippen molar-refractivity contribution in [3.8, 4) is 0 Å². The van der Waals surface area contributed by atoms with Crippen LogP contribution < -0.4 is 25.9 Å². The van der Waals surface area contributed by atoms with Crippen molar-refractivity contribution in [1.29, 1.82) is 0 Å². The molecule has 36 heavy (non-hydrogen) atoms. The van der Waals surface area contributed by atoms with Crippen LogP contribution in [0, 0.1) is 5.82 Å². The second kappa shape index (κ2) is 11.6. The molecule has 0 unspecified atom stereocenters. The number of ether oxygens (including phenoxy) is 2. The van der Waals surface area contributed by atoms with E-state index in [0.29, 0.717) is 45.1 Å². The molecule has 3 N–H and O–H groups in total. The van der Waals surface area contributed by atoms with Gasteiger partial charge >= 0.3 is 18.5 Å². The van der Waals surface area contributed by atoms with Gasteiger partial charge in [0.1, 0.15) is 11.9 Å². The van der Waals surface area contributed by atoms with Gasteiger partial charge in [-0.15, -0.1) is 0 Å². The van der Waals surface area contributed by atoms with Gasteiger partial charge in [-0.1, -0.05) is 0 Å². The monoisotopic (exact) mass is 514 g/mol. The maximum atomic E-state index is 15.1. The first kappa shape index (κ1) is 25.8. The van der Waals surface area contributed by atoms with E-state index in [4.69, 9.17) is 9.47 Å². The Balaban J connectivity index is 1.32. The fourth-order valence-electron chi connectivity index (χ4n) is 4.29. The quantitative estimate of drug-likeness (QED) is 0.520. The lowest BCUT2D eigenvalue weighted by molar-refractivity contribution is -0.132. The molecule has 1 aromatic carbocycles. The minimum Gasteiger partial charge on any atom is -0.442 e. The summed E-state index contributed by atoms with van der Waals surface area (Å²) < 4.78 is 50.1. The van der Waals surface area contributed by atoms with Gasteiger partial charge in [0.25, 0.3) is 5.91 Å². The predicted octanol–water partition coefficient (Wildman–Crippen LogP) is 1.05. The van der Waals surface area contributed by atoms with Crippen molar-refractivity contribution in [2.45, 2.75) is 31.4 Å². The zero-order chi connectivity index (χ0) is 25.7. The number of alkyl halides is 2. The molecular formula is C22H29F3N6O5. The summed E-state index contributed by atoms with van der Waals surface area (Å²) in [7, 11) is 0. The van der Waals surface area contributed by atoms with E-state index in [1.165, 1.54) is 16.0 Å². The molecule has 1 aromatic rings. The van der Waals surface area contributed by atoms with E-state index in [9.17, 15) is 23.2 Å². The first-order chi connectivity index (χ1) is 17.3. The van der Waals surface area contributed by atoms with Crippen LogP contribution in [0.5, 0.6) is 0 Å². The number of nitrogens with one attached hydrogen (secondary N) is 3. The SMILES string of the molecule is O=C(NC[C@H]1CN(c2ccc(N3CCNN(C(=O)NC4CCOCC4)CC3)c(F)c2)C(=O)O1)C(F)F. The minimum absolute atomic E-state index is 0.0219. The molecule has 0 aromatic heterocycles. The van der Waals surface area contributed by atoms with Crippen LogP contribution in [0.15, 0.2) is 18.2 Å². The molecule has 4 amide bonds. The molecule has 11 nitrogen and oxygen atoms in total. The number of benzene rings is 1. The molecule has 3 fully saturated rings. The number of cyclic esters (lactones) is 1. The smallest absolute Gasteiger partial charge is 0.414 e. The highest BCUT2D eigenvalue weighted by atomic mass is 19.3. The molecule has 0 bridgehead atoms. The lowest BCUT2D eigenvalue weighted by atomic mass is 10.1. The standard InChI is InChI=1S/C22H29F3N6O5/c23-17-11-15(30-13-16(36-22(30)34)12-26-20(32)19(24)25)1-2-18(17)29-6-5-27-31(8-7-29)21(33)28-14-3-9-35-10-4-14/h1-2,11,14,16,19,27H,3-10,12-13H2,(H,26,32)(H,28,33)/t16-/m0/s1. The third-order valence-corrected chi connectivity index (χ3v) is 6.23. The molecule has 3 heterocycles. The molecule has 3 aliphatic heterocycles. The average Bonchev–Trinajstić information content (AvgIpc) is 3.07. The zero-order valence-electron chi connectivity index (χ0n) is 19.6. The highest BCUT2D eigenvalue weighted by Gasteiger charge is 2.34. The highest BCUT2D eigenvalue weighted by molar-refractivity contribution is 5.90. The second-order valence-corrected chi connectivity index (χ2v) is 8.68. The molecule has 0 saturated carbocycles. The number of urea groups is 1. The molecule has 0 spiro atoms. The Morgan fingerprint density at radius 2 is 1.94 bits per heavy atom. The van der Waals surface area contributed by atoms with Gasteiger partial charge in [0.05, 0.1) is 31.0 Å². The number of carbonyl (C=O) groups excluding carboxylic acids is 3. The van der Waals surface area contributed by atoms with Gasteiger partial charge in [-0.25, -0.2) is 19.4 Å². The van der Waals surface area contributed by atoms with Crippen molar-refractivity contribution < 1.29 is 37.0 Å². The summed E-state index contributed by atoms with van der Waals surface area (Å²) in [6.07, 6.45) is -3.23. The summed E-state index contributed by atoms with van der Waals surface area (Å²) in [6, 6.07) is 4.14. The first-order valence-corrected chi connectivity index (χ1v) is 11.8. The summed E-state index contributed by atoms with van der Waals surface area (Å²) in [5.74, 6) is -2.01. The topological polar surface area (TPSA) is 115 Å². The van der Waals surface area contributed by atoms with Crippen LogP contribution in [0.1, 0.15) is 12.8 Å². The summed E-state index contributed by atoms with van der Waals surface area (Å²) >= 11 is 0. The Labute approximate surface area is 205 Å². The number of hydrogen-bond acceptors (Lipinski definition) is 7. The van der Waals surface area contributed by atoms with Gasteiger partial charge in [-0.3, -0.25) is 14.7 Å². The van der Waals surface area contributed by atoms with Crippen LogP contribution in [0.3, 0.4) is 0 Å². The molecule has 1 atom stereocenters. The Bertz CT molecular complexity index is 964. The van der Waals surface area contributed by atoms with Gasteiger partial charge in [0, 0.05) is 38.9 Å². The van der Waals surface area contributed by atoms with Crippen molar-refractivity contribution in [1.82, 2.24) is 21.1 Å². The van der Waals surface area contributed by atoms with Gasteiger partial charge in [-0.2, -0.15) is 8.78 Å². The molecular weight excluding hydrogens is 485 g/mol. The van der Waals surface area contributed by atoms with Crippen molar-refractivity contribution in [2.24, 2.45) is 0 Å². The van der Waals surface area contributed by atoms with Crippen LogP contribution >= 0.6 is 0 Å². The number of amides is 4. The maximum Gasteiger partial charge on any atom is 0.414 e. The Morgan fingerprint density at radius 1 is 1.17 bits per heavy atom. The van der Waals surface area contributed by atoms with Crippen LogP contribution in [0.4, 0.5) is 34.1 Å². The van der Waals surface area contributed by atoms with Gasteiger partial charge in [0.2, 0.25) is 0 Å². The molecule has 3 aliphatic rings. The van der Waals surface area contributed by atoms with E-state index in [1.807, 2.05) is 5.32 Å². The van der Waals surface area contributed by atoms with E-state index in [0.717, 1.165) is 12.8 Å². The number of hydrazine groups is 1. The van der Waals surface area contributed by atoms with Crippen molar-refractivity contribution >= 4 is 29.4 Å². The Kier molecular flexibility index (Phi) is 8.36. The largest absolute Gasteiger partial charge is 0.442 e. The summed E-state index contributed by atoms with van der Waals surface area (Å²) in [4.78, 5) is 38.8. The van der Waals surface area contributed by atoms with Crippen LogP contribution in [-0.4, -0.2) is 94.1 Å². The highest BCUT2D eigenvalue weighted by Crippen LogP contribution is 2.28. The zero-order valence-corrected chi connectivity index (χ0v) is 19.6. The summed E-state index contributed by atoms with van der Waals surface area (Å²) in [5.41, 5.74) is 3.63. The second-order valence-electron chi connectivity index (χ2n) is 8.68. The number of carbonyl (C=O) groups is 3. The van der Waals surface area contributed by atoms with E-state index < -0.39 is 30.3 Å². The van der Waals surface area contributed by atoms with Gasteiger partial charge in [0.15, 0.2) is 0 Å². The normalized spacial score (nSPS) is 21.4.